The zero-order chi connectivity index (χ0) is 24.0. The van der Waals surface area contributed by atoms with Gasteiger partial charge in [-0.25, -0.2) is 0 Å². The van der Waals surface area contributed by atoms with Gasteiger partial charge in [0.1, 0.15) is 11.6 Å². The molecule has 1 N–H and O–H groups in total. The zero-order valence-electron chi connectivity index (χ0n) is 20.1. The maximum absolute atomic E-state index is 12.6. The van der Waals surface area contributed by atoms with Crippen LogP contribution in [0.5, 0.6) is 0 Å². The molecule has 3 heterocycles. The van der Waals surface area contributed by atoms with E-state index in [1.807, 2.05) is 55.5 Å². The molecule has 5 rings (SSSR count). The molecule has 1 aliphatic heterocycles. The van der Waals surface area contributed by atoms with Gasteiger partial charge in [0.2, 0.25) is 5.91 Å². The van der Waals surface area contributed by atoms with Crippen LogP contribution in [-0.4, -0.2) is 38.7 Å². The molecule has 0 spiro atoms. The Morgan fingerprint density at radius 3 is 2.66 bits per heavy atom. The van der Waals surface area contributed by atoms with E-state index in [4.69, 9.17) is 4.42 Å². The second kappa shape index (κ2) is 10.7. The number of carbonyl (C=O) groups excluding carboxylic acids is 1. The maximum atomic E-state index is 12.6. The highest BCUT2D eigenvalue weighted by Gasteiger charge is 2.23. The lowest BCUT2D eigenvalue weighted by atomic mass is 10.0. The smallest absolute Gasteiger partial charge is 0.220 e. The van der Waals surface area contributed by atoms with Gasteiger partial charge < -0.3 is 14.3 Å². The van der Waals surface area contributed by atoms with Gasteiger partial charge in [-0.15, -0.1) is 10.2 Å². The molecule has 0 saturated carbocycles. The third-order valence-corrected chi connectivity index (χ3v) is 6.59. The topological polar surface area (TPSA) is 76.2 Å². The van der Waals surface area contributed by atoms with Gasteiger partial charge in [0, 0.05) is 44.6 Å². The van der Waals surface area contributed by atoms with Gasteiger partial charge in [0.15, 0.2) is 5.82 Å². The van der Waals surface area contributed by atoms with Crippen molar-refractivity contribution in [3.63, 3.8) is 0 Å². The molecule has 35 heavy (non-hydrogen) atoms. The number of benzene rings is 2. The summed E-state index contributed by atoms with van der Waals surface area (Å²) in [6, 6.07) is 22.2. The Balaban J connectivity index is 1.20. The number of hydrogen-bond donors (Lipinski definition) is 1. The largest absolute Gasteiger partial charge is 0.464 e. The molecule has 0 fully saturated rings. The van der Waals surface area contributed by atoms with Crippen LogP contribution in [0.1, 0.15) is 42.2 Å². The number of furan rings is 1. The minimum Gasteiger partial charge on any atom is -0.464 e. The molecule has 7 heteroatoms. The average Bonchev–Trinajstić information content (AvgIpc) is 3.52. The number of nitrogens with one attached hydrogen (secondary N) is 1. The quantitative estimate of drug-likeness (QED) is 0.414. The van der Waals surface area contributed by atoms with Gasteiger partial charge in [0.25, 0.3) is 0 Å². The fraction of sp³-hybridized carbons (Fsp3) is 0.321. The second-order valence-corrected chi connectivity index (χ2v) is 9.06. The predicted octanol–water partition coefficient (Wildman–Crippen LogP) is 4.41. The third kappa shape index (κ3) is 5.52. The summed E-state index contributed by atoms with van der Waals surface area (Å²) in [5, 5.41) is 12.0. The van der Waals surface area contributed by atoms with Gasteiger partial charge in [-0.1, -0.05) is 54.6 Å². The third-order valence-electron chi connectivity index (χ3n) is 6.59. The Morgan fingerprint density at radius 1 is 1.00 bits per heavy atom. The number of hydrogen-bond acceptors (Lipinski definition) is 5. The summed E-state index contributed by atoms with van der Waals surface area (Å²) in [6.45, 7) is 5.42. The summed E-state index contributed by atoms with van der Waals surface area (Å²) < 4.78 is 7.83. The molecule has 7 nitrogen and oxygen atoms in total. The Kier molecular flexibility index (Phi) is 7.04. The summed E-state index contributed by atoms with van der Waals surface area (Å²) >= 11 is 0. The second-order valence-electron chi connectivity index (χ2n) is 9.06. The van der Waals surface area contributed by atoms with Crippen molar-refractivity contribution in [2.45, 2.75) is 45.3 Å². The highest BCUT2D eigenvalue weighted by Crippen LogP contribution is 2.26. The van der Waals surface area contributed by atoms with Crippen LogP contribution in [0.2, 0.25) is 0 Å². The monoisotopic (exact) mass is 469 g/mol. The predicted molar refractivity (Wildman–Crippen MR) is 134 cm³/mol. The summed E-state index contributed by atoms with van der Waals surface area (Å²) in [6.07, 6.45) is 3.72. The molecule has 1 aliphatic rings. The van der Waals surface area contributed by atoms with E-state index in [1.165, 1.54) is 11.1 Å². The van der Waals surface area contributed by atoms with E-state index >= 15 is 0 Å². The number of fused-ring (bicyclic) bond motifs is 1. The van der Waals surface area contributed by atoms with Crippen LogP contribution in [0.4, 0.5) is 0 Å². The molecule has 0 bridgehead atoms. The molecule has 2 aromatic carbocycles. The van der Waals surface area contributed by atoms with Crippen LogP contribution in [0, 0.1) is 0 Å². The average molecular weight is 470 g/mol. The van der Waals surface area contributed by atoms with Crippen molar-refractivity contribution < 1.29 is 9.21 Å². The summed E-state index contributed by atoms with van der Waals surface area (Å²) in [5.74, 6) is 2.73. The van der Waals surface area contributed by atoms with E-state index in [0.29, 0.717) is 6.42 Å². The number of rotatable bonds is 8. The van der Waals surface area contributed by atoms with E-state index in [1.54, 1.807) is 6.26 Å². The lowest BCUT2D eigenvalue weighted by Gasteiger charge is -2.21. The lowest BCUT2D eigenvalue weighted by Crippen LogP contribution is -2.30. The van der Waals surface area contributed by atoms with Crippen molar-refractivity contribution in [1.82, 2.24) is 25.0 Å². The molecule has 0 radical (unpaired) electrons. The van der Waals surface area contributed by atoms with E-state index in [-0.39, 0.29) is 11.9 Å². The molecule has 180 valence electrons. The van der Waals surface area contributed by atoms with E-state index < -0.39 is 0 Å². The number of aromatic nitrogens is 3. The van der Waals surface area contributed by atoms with Crippen molar-refractivity contribution in [3.05, 3.63) is 95.8 Å². The van der Waals surface area contributed by atoms with Crippen molar-refractivity contribution in [1.29, 1.82) is 0 Å². The fourth-order valence-corrected chi connectivity index (χ4v) is 4.72. The van der Waals surface area contributed by atoms with Crippen molar-refractivity contribution in [2.24, 2.45) is 0 Å². The maximum Gasteiger partial charge on any atom is 0.220 e. The number of nitrogens with zero attached hydrogens (tertiary/aromatic N) is 4. The van der Waals surface area contributed by atoms with Crippen molar-refractivity contribution in [2.75, 3.05) is 13.1 Å². The molecule has 0 saturated heterocycles. The van der Waals surface area contributed by atoms with E-state index in [0.717, 1.165) is 62.0 Å². The Labute approximate surface area is 205 Å². The Morgan fingerprint density at radius 2 is 1.83 bits per heavy atom. The van der Waals surface area contributed by atoms with Crippen LogP contribution >= 0.6 is 0 Å². The fourth-order valence-electron chi connectivity index (χ4n) is 4.72. The molecule has 1 amide bonds. The SMILES string of the molecule is CC(NC(=O)CCc1ccccc1)c1nnc2n1CCN(Cc1ccccc1-c1ccco1)CC2. The number of aryl methyl sites for hydroxylation is 1. The molecular formula is C28H31N5O2. The zero-order valence-corrected chi connectivity index (χ0v) is 20.1. The van der Waals surface area contributed by atoms with Crippen molar-refractivity contribution in [3.8, 4) is 11.3 Å². The molecule has 1 unspecified atom stereocenters. The molecular weight excluding hydrogens is 438 g/mol. The first-order chi connectivity index (χ1) is 17.2. The van der Waals surface area contributed by atoms with E-state index in [9.17, 15) is 4.79 Å². The lowest BCUT2D eigenvalue weighted by molar-refractivity contribution is -0.121. The Bertz CT molecular complexity index is 1250. The number of carbonyl (C=O) groups is 1. The Hall–Kier alpha value is -3.71. The molecule has 4 aromatic rings. The summed E-state index contributed by atoms with van der Waals surface area (Å²) in [5.41, 5.74) is 3.55. The first-order valence-electron chi connectivity index (χ1n) is 12.3. The molecule has 1 atom stereocenters. The van der Waals surface area contributed by atoms with Crippen molar-refractivity contribution >= 4 is 5.91 Å². The van der Waals surface area contributed by atoms with Crippen LogP contribution in [0.15, 0.2) is 77.4 Å². The van der Waals surface area contributed by atoms with Crippen LogP contribution < -0.4 is 5.32 Å². The first kappa shape index (κ1) is 23.1. The highest BCUT2D eigenvalue weighted by atomic mass is 16.3. The summed E-state index contributed by atoms with van der Waals surface area (Å²) in [4.78, 5) is 15.0. The van der Waals surface area contributed by atoms with Crippen LogP contribution in [0.25, 0.3) is 11.3 Å². The van der Waals surface area contributed by atoms with Gasteiger partial charge in [-0.2, -0.15) is 0 Å². The van der Waals surface area contributed by atoms with Gasteiger partial charge in [0.05, 0.1) is 12.3 Å². The van der Waals surface area contributed by atoms with Crippen LogP contribution in [0.3, 0.4) is 0 Å². The highest BCUT2D eigenvalue weighted by molar-refractivity contribution is 5.76. The first-order valence-corrected chi connectivity index (χ1v) is 12.3. The number of amides is 1. The van der Waals surface area contributed by atoms with E-state index in [2.05, 4.69) is 43.2 Å². The standard InChI is InChI=1S/C28H31N5O2/c1-21(29-27(34)14-13-22-8-3-2-4-9-22)28-31-30-26-15-16-32(17-18-33(26)28)20-23-10-5-6-11-24(23)25-12-7-19-35-25/h2-12,19,21H,13-18,20H2,1H3,(H,29,34). The van der Waals surface area contributed by atoms with Crippen LogP contribution in [-0.2, 0) is 30.7 Å². The normalized spacial score (nSPS) is 14.8. The van der Waals surface area contributed by atoms with Gasteiger partial charge in [-0.05, 0) is 36.6 Å². The molecule has 0 aliphatic carbocycles. The van der Waals surface area contributed by atoms with Gasteiger partial charge >= 0.3 is 0 Å². The van der Waals surface area contributed by atoms with Gasteiger partial charge in [-0.3, -0.25) is 9.69 Å². The molecule has 2 aromatic heterocycles. The minimum atomic E-state index is -0.189. The minimum absolute atomic E-state index is 0.0310. The summed E-state index contributed by atoms with van der Waals surface area (Å²) in [7, 11) is 0.